The highest BCUT2D eigenvalue weighted by molar-refractivity contribution is 6.39. The van der Waals surface area contributed by atoms with E-state index in [-0.39, 0.29) is 23.8 Å². The first-order valence-electron chi connectivity index (χ1n) is 18.5. The SMILES string of the molecule is COc1cc(-c2nccc(-c3cccc(NC(=O)c4nc5c(n4C)CN(C[C@H]4CC[C@H](C(=O)O)CC4)CC5)c3Cl)c2Cl)ccc1CNC[C@H]1CCC(=O)N1. The fraction of sp³-hybridized carbons (Fsp3) is 0.425. The smallest absolute Gasteiger partial charge is 0.306 e. The van der Waals surface area contributed by atoms with Crippen LogP contribution in [-0.2, 0) is 36.1 Å². The number of imidazole rings is 1. The molecule has 0 spiro atoms. The van der Waals surface area contributed by atoms with E-state index in [9.17, 15) is 19.5 Å². The predicted molar refractivity (Wildman–Crippen MR) is 208 cm³/mol. The van der Waals surface area contributed by atoms with Gasteiger partial charge < -0.3 is 30.4 Å². The molecule has 2 aliphatic heterocycles. The molecule has 1 aliphatic carbocycles. The molecule has 12 nitrogen and oxygen atoms in total. The number of carboxylic acid groups (broad SMARTS) is 1. The van der Waals surface area contributed by atoms with Crippen molar-refractivity contribution in [3.63, 3.8) is 0 Å². The minimum atomic E-state index is -0.683. The first-order valence-corrected chi connectivity index (χ1v) is 19.3. The van der Waals surface area contributed by atoms with Crippen molar-refractivity contribution in [1.29, 1.82) is 0 Å². The van der Waals surface area contributed by atoms with Gasteiger partial charge in [0.05, 0.1) is 45.8 Å². The molecule has 54 heavy (non-hydrogen) atoms. The normalized spacial score (nSPS) is 20.0. The topological polar surface area (TPSA) is 151 Å². The lowest BCUT2D eigenvalue weighted by Crippen LogP contribution is -2.37. The van der Waals surface area contributed by atoms with Crippen LogP contribution in [0.2, 0.25) is 10.0 Å². The molecule has 2 amide bonds. The Bertz CT molecular complexity index is 2060. The highest BCUT2D eigenvalue weighted by atomic mass is 35.5. The number of rotatable bonds is 12. The lowest BCUT2D eigenvalue weighted by atomic mass is 9.81. The van der Waals surface area contributed by atoms with E-state index < -0.39 is 5.97 Å². The van der Waals surface area contributed by atoms with Crippen LogP contribution in [0.4, 0.5) is 5.69 Å². The standard InChI is InChI=1S/C40H45Cl2N7O5/c1-48-32-22-49(21-23-6-8-24(9-7-23)40(52)53)17-15-30(32)46-38(48)39(51)47-31-5-3-4-28(35(31)41)29-14-16-44-37(36(29)42)25-10-11-26(33(18-25)54-2)19-43-20-27-12-13-34(50)45-27/h3-5,10-11,14,16,18,23-24,27,43H,6-9,12-13,15,17,19-22H2,1-2H3,(H,45,50)(H,47,51)(H,52,53)/t23-,24-,27-/m1/s1. The van der Waals surface area contributed by atoms with Crippen LogP contribution >= 0.6 is 23.2 Å². The molecule has 14 heteroatoms. The second kappa shape index (κ2) is 16.5. The van der Waals surface area contributed by atoms with Crippen LogP contribution in [0, 0.1) is 11.8 Å². The molecule has 2 aromatic heterocycles. The number of fused-ring (bicyclic) bond motifs is 1. The minimum Gasteiger partial charge on any atom is -0.496 e. The third-order valence-corrected chi connectivity index (χ3v) is 11.8. The summed E-state index contributed by atoms with van der Waals surface area (Å²) < 4.78 is 7.59. The summed E-state index contributed by atoms with van der Waals surface area (Å²) in [6.07, 6.45) is 7.14. The molecular formula is C40H45Cl2N7O5. The first-order chi connectivity index (χ1) is 26.1. The molecule has 2 aromatic carbocycles. The monoisotopic (exact) mass is 773 g/mol. The molecule has 0 bridgehead atoms. The van der Waals surface area contributed by atoms with Gasteiger partial charge in [-0.3, -0.25) is 24.3 Å². The zero-order valence-electron chi connectivity index (χ0n) is 30.5. The quantitative estimate of drug-likeness (QED) is 0.129. The van der Waals surface area contributed by atoms with Crippen molar-refractivity contribution in [2.24, 2.45) is 18.9 Å². The van der Waals surface area contributed by atoms with Gasteiger partial charge in [-0.1, -0.05) is 47.5 Å². The van der Waals surface area contributed by atoms with E-state index in [2.05, 4.69) is 25.8 Å². The number of ether oxygens (including phenoxy) is 1. The molecule has 284 valence electrons. The Hall–Kier alpha value is -4.49. The summed E-state index contributed by atoms with van der Waals surface area (Å²) in [6.45, 7) is 3.71. The molecule has 0 unspecified atom stereocenters. The maximum absolute atomic E-state index is 13.7. The molecule has 4 aromatic rings. The van der Waals surface area contributed by atoms with Crippen LogP contribution in [0.25, 0.3) is 22.4 Å². The van der Waals surface area contributed by atoms with Crippen molar-refractivity contribution in [3.05, 3.63) is 81.5 Å². The van der Waals surface area contributed by atoms with Crippen LogP contribution < -0.4 is 20.7 Å². The second-order valence-corrected chi connectivity index (χ2v) is 15.3. The van der Waals surface area contributed by atoms with E-state index in [1.165, 1.54) is 0 Å². The van der Waals surface area contributed by atoms with E-state index >= 15 is 0 Å². The fourth-order valence-electron chi connectivity index (χ4n) is 7.97. The Labute approximate surface area is 324 Å². The second-order valence-electron chi connectivity index (χ2n) is 14.5. The number of benzene rings is 2. The van der Waals surface area contributed by atoms with Crippen molar-refractivity contribution in [3.8, 4) is 28.1 Å². The summed E-state index contributed by atoms with van der Waals surface area (Å²) in [6, 6.07) is 13.2. The number of carbonyl (C=O) groups excluding carboxylic acids is 2. The number of nitrogens with zero attached hydrogens (tertiary/aromatic N) is 4. The minimum absolute atomic E-state index is 0.0929. The van der Waals surface area contributed by atoms with Gasteiger partial charge >= 0.3 is 5.97 Å². The number of pyridine rings is 1. The molecule has 4 N–H and O–H groups in total. The molecule has 4 heterocycles. The van der Waals surface area contributed by atoms with Crippen molar-refractivity contribution in [1.82, 2.24) is 30.1 Å². The highest BCUT2D eigenvalue weighted by Gasteiger charge is 2.30. The van der Waals surface area contributed by atoms with Gasteiger partial charge in [0.25, 0.3) is 5.91 Å². The summed E-state index contributed by atoms with van der Waals surface area (Å²) >= 11 is 14.0. The van der Waals surface area contributed by atoms with E-state index in [0.717, 1.165) is 74.1 Å². The molecule has 0 radical (unpaired) electrons. The number of nitrogens with one attached hydrogen (secondary N) is 3. The van der Waals surface area contributed by atoms with Crippen LogP contribution in [0.3, 0.4) is 0 Å². The maximum atomic E-state index is 13.7. The molecule has 7 rings (SSSR count). The molecular weight excluding hydrogens is 729 g/mol. The number of carbonyl (C=O) groups is 3. The predicted octanol–water partition coefficient (Wildman–Crippen LogP) is 6.33. The summed E-state index contributed by atoms with van der Waals surface area (Å²) in [5.74, 6) is 0.307. The fourth-order valence-corrected chi connectivity index (χ4v) is 8.57. The van der Waals surface area contributed by atoms with Gasteiger partial charge in [0.2, 0.25) is 5.91 Å². The van der Waals surface area contributed by atoms with E-state index in [4.69, 9.17) is 32.9 Å². The van der Waals surface area contributed by atoms with Crippen LogP contribution in [0.15, 0.2) is 48.7 Å². The number of methoxy groups -OCH3 is 1. The van der Waals surface area contributed by atoms with Gasteiger partial charge in [0.1, 0.15) is 5.75 Å². The van der Waals surface area contributed by atoms with Crippen LogP contribution in [0.5, 0.6) is 5.75 Å². The van der Waals surface area contributed by atoms with Crippen molar-refractivity contribution >= 4 is 46.7 Å². The number of anilines is 1. The summed E-state index contributed by atoms with van der Waals surface area (Å²) in [7, 11) is 3.49. The number of halogens is 2. The number of carboxylic acids is 1. The summed E-state index contributed by atoms with van der Waals surface area (Å²) in [5, 5.41) is 19.5. The van der Waals surface area contributed by atoms with Gasteiger partial charge in [-0.15, -0.1) is 0 Å². The number of hydrogen-bond acceptors (Lipinski definition) is 8. The number of aromatic nitrogens is 3. The van der Waals surface area contributed by atoms with Crippen LogP contribution in [0.1, 0.15) is 66.1 Å². The third-order valence-electron chi connectivity index (χ3n) is 11.0. The van der Waals surface area contributed by atoms with Crippen LogP contribution in [-0.4, -0.2) is 75.1 Å². The van der Waals surface area contributed by atoms with E-state index in [0.29, 0.717) is 76.1 Å². The maximum Gasteiger partial charge on any atom is 0.306 e. The first kappa shape index (κ1) is 37.8. The van der Waals surface area contributed by atoms with Gasteiger partial charge in [-0.05, 0) is 56.2 Å². The Morgan fingerprint density at radius 3 is 2.57 bits per heavy atom. The molecule has 1 atom stereocenters. The van der Waals surface area contributed by atoms with Crippen molar-refractivity contribution in [2.45, 2.75) is 64.1 Å². The average molecular weight is 775 g/mol. The third kappa shape index (κ3) is 8.12. The van der Waals surface area contributed by atoms with E-state index in [1.54, 1.807) is 25.4 Å². The molecule has 3 aliphatic rings. The highest BCUT2D eigenvalue weighted by Crippen LogP contribution is 2.41. The van der Waals surface area contributed by atoms with E-state index in [1.807, 2.05) is 41.9 Å². The largest absolute Gasteiger partial charge is 0.496 e. The zero-order chi connectivity index (χ0) is 37.9. The Morgan fingerprint density at radius 2 is 1.83 bits per heavy atom. The summed E-state index contributed by atoms with van der Waals surface area (Å²) in [4.78, 5) is 48.3. The van der Waals surface area contributed by atoms with Gasteiger partial charge in [0, 0.05) is 87.1 Å². The van der Waals surface area contributed by atoms with Gasteiger partial charge in [0.15, 0.2) is 5.82 Å². The number of amides is 2. The molecule has 1 saturated heterocycles. The average Bonchev–Trinajstić information content (AvgIpc) is 3.74. The number of hydrogen-bond donors (Lipinski definition) is 4. The number of aliphatic carboxylic acids is 1. The van der Waals surface area contributed by atoms with Gasteiger partial charge in [-0.25, -0.2) is 4.98 Å². The lowest BCUT2D eigenvalue weighted by Gasteiger charge is -2.33. The van der Waals surface area contributed by atoms with Crippen molar-refractivity contribution in [2.75, 3.05) is 32.1 Å². The Kier molecular flexibility index (Phi) is 11.5. The zero-order valence-corrected chi connectivity index (χ0v) is 32.0. The summed E-state index contributed by atoms with van der Waals surface area (Å²) in [5.41, 5.74) is 5.97. The molecule has 2 fully saturated rings. The molecule has 1 saturated carbocycles. The van der Waals surface area contributed by atoms with Crippen molar-refractivity contribution < 1.29 is 24.2 Å². The van der Waals surface area contributed by atoms with Gasteiger partial charge in [-0.2, -0.15) is 0 Å². The lowest BCUT2D eigenvalue weighted by molar-refractivity contribution is -0.143. The Morgan fingerprint density at radius 1 is 1.04 bits per heavy atom. The Balaban J connectivity index is 1.03.